The summed E-state index contributed by atoms with van der Waals surface area (Å²) in [7, 11) is 0. The molecule has 0 bridgehead atoms. The van der Waals surface area contributed by atoms with E-state index in [1.165, 1.54) is 11.8 Å². The molecule has 138 valence electrons. The second-order valence-electron chi connectivity index (χ2n) is 6.33. The molecule has 0 spiro atoms. The van der Waals surface area contributed by atoms with E-state index in [2.05, 4.69) is 11.1 Å². The normalized spacial score (nSPS) is 11.4. The Morgan fingerprint density at radius 1 is 1.33 bits per heavy atom. The van der Waals surface area contributed by atoms with E-state index in [9.17, 15) is 10.1 Å². The summed E-state index contributed by atoms with van der Waals surface area (Å²) in [5.41, 5.74) is 2.89. The number of hydrogen-bond acceptors (Lipinski definition) is 5. The lowest BCUT2D eigenvalue weighted by atomic mass is 10.1. The van der Waals surface area contributed by atoms with Crippen molar-refractivity contribution >= 4 is 34.8 Å². The van der Waals surface area contributed by atoms with Gasteiger partial charge in [0.1, 0.15) is 16.0 Å². The van der Waals surface area contributed by atoms with E-state index >= 15 is 0 Å². The van der Waals surface area contributed by atoms with Crippen molar-refractivity contribution in [2.75, 3.05) is 6.61 Å². The largest absolute Gasteiger partial charge is 0.465 e. The fraction of sp³-hybridized carbons (Fsp3) is 0.250. The highest BCUT2D eigenvalue weighted by Gasteiger charge is 2.31. The van der Waals surface area contributed by atoms with Crippen LogP contribution in [0.25, 0.3) is 16.8 Å². The Morgan fingerprint density at radius 3 is 2.81 bits per heavy atom. The smallest absolute Gasteiger partial charge is 0.321 e. The quantitative estimate of drug-likeness (QED) is 0.448. The van der Waals surface area contributed by atoms with Gasteiger partial charge in [0, 0.05) is 22.9 Å². The molecule has 3 aromatic heterocycles. The Hall–Kier alpha value is -2.49. The first-order valence-corrected chi connectivity index (χ1v) is 9.59. The van der Waals surface area contributed by atoms with Gasteiger partial charge in [0.15, 0.2) is 0 Å². The number of carbonyl (C=O) groups excluding carboxylic acids is 1. The Kier molecular flexibility index (Phi) is 5.45. The zero-order chi connectivity index (χ0) is 19.6. The van der Waals surface area contributed by atoms with Gasteiger partial charge in [-0.05, 0) is 51.1 Å². The standard InChI is InChI=1S/C20H18ClN3O2S/c1-4-26-19(25)20(2,3)27-17-9-10-23-12-14(17)16-6-5-13(11-22)15-7-8-18(21)24(15)16/h5-10,12H,4H2,1-3H3. The van der Waals surface area contributed by atoms with Crippen LogP contribution in [0.3, 0.4) is 0 Å². The van der Waals surface area contributed by atoms with Gasteiger partial charge in [0.05, 0.1) is 23.4 Å². The van der Waals surface area contributed by atoms with Gasteiger partial charge in [-0.2, -0.15) is 5.26 Å². The van der Waals surface area contributed by atoms with Crippen LogP contribution in [0.4, 0.5) is 0 Å². The predicted molar refractivity (Wildman–Crippen MR) is 107 cm³/mol. The summed E-state index contributed by atoms with van der Waals surface area (Å²) in [5, 5.41) is 9.85. The summed E-state index contributed by atoms with van der Waals surface area (Å²) in [6.07, 6.45) is 3.42. The van der Waals surface area contributed by atoms with Crippen molar-refractivity contribution in [2.24, 2.45) is 0 Å². The van der Waals surface area contributed by atoms with Gasteiger partial charge in [-0.3, -0.25) is 14.2 Å². The molecule has 0 aliphatic heterocycles. The molecule has 3 rings (SSSR count). The third kappa shape index (κ3) is 3.66. The number of pyridine rings is 2. The summed E-state index contributed by atoms with van der Waals surface area (Å²) >= 11 is 7.79. The maximum Gasteiger partial charge on any atom is 0.321 e. The third-order valence-electron chi connectivity index (χ3n) is 4.07. The first kappa shape index (κ1) is 19.3. The molecule has 5 nitrogen and oxygen atoms in total. The number of hydrogen-bond donors (Lipinski definition) is 0. The minimum Gasteiger partial charge on any atom is -0.465 e. The molecule has 3 aromatic rings. The maximum absolute atomic E-state index is 12.3. The van der Waals surface area contributed by atoms with E-state index in [1.807, 2.05) is 36.4 Å². The van der Waals surface area contributed by atoms with Crippen molar-refractivity contribution in [2.45, 2.75) is 30.4 Å². The van der Waals surface area contributed by atoms with Gasteiger partial charge < -0.3 is 4.74 Å². The summed E-state index contributed by atoms with van der Waals surface area (Å²) in [4.78, 5) is 17.4. The molecule has 0 amide bonds. The highest BCUT2D eigenvalue weighted by Crippen LogP contribution is 2.40. The maximum atomic E-state index is 12.3. The summed E-state index contributed by atoms with van der Waals surface area (Å²) in [5.74, 6) is -0.276. The number of thioether (sulfide) groups is 1. The molecular weight excluding hydrogens is 382 g/mol. The van der Waals surface area contributed by atoms with Crippen molar-refractivity contribution in [3.05, 3.63) is 53.4 Å². The number of esters is 1. The van der Waals surface area contributed by atoms with Crippen LogP contribution in [0.2, 0.25) is 5.15 Å². The van der Waals surface area contributed by atoms with Gasteiger partial charge in [-0.25, -0.2) is 0 Å². The number of aromatic nitrogens is 2. The highest BCUT2D eigenvalue weighted by molar-refractivity contribution is 8.01. The van der Waals surface area contributed by atoms with E-state index in [-0.39, 0.29) is 5.97 Å². The van der Waals surface area contributed by atoms with E-state index in [0.717, 1.165) is 21.7 Å². The van der Waals surface area contributed by atoms with Crippen molar-refractivity contribution in [1.29, 1.82) is 5.26 Å². The van der Waals surface area contributed by atoms with Gasteiger partial charge in [-0.1, -0.05) is 11.6 Å². The van der Waals surface area contributed by atoms with Crippen molar-refractivity contribution in [3.63, 3.8) is 0 Å². The molecule has 3 heterocycles. The number of ether oxygens (including phenoxy) is 1. The molecular formula is C20H18ClN3O2S. The summed E-state index contributed by atoms with van der Waals surface area (Å²) in [6, 6.07) is 11.2. The van der Waals surface area contributed by atoms with E-state index in [1.54, 1.807) is 31.5 Å². The topological polar surface area (TPSA) is 67.4 Å². The second-order valence-corrected chi connectivity index (χ2v) is 8.38. The molecule has 7 heteroatoms. The van der Waals surface area contributed by atoms with Gasteiger partial charge in [0.2, 0.25) is 0 Å². The molecule has 0 aliphatic carbocycles. The van der Waals surface area contributed by atoms with Crippen molar-refractivity contribution in [3.8, 4) is 17.3 Å². The summed E-state index contributed by atoms with van der Waals surface area (Å²) in [6.45, 7) is 5.78. The van der Waals surface area contributed by atoms with Crippen molar-refractivity contribution < 1.29 is 9.53 Å². The molecule has 0 aromatic carbocycles. The van der Waals surface area contributed by atoms with Crippen LogP contribution in [-0.4, -0.2) is 26.7 Å². The number of halogens is 1. The van der Waals surface area contributed by atoms with E-state index < -0.39 is 4.75 Å². The zero-order valence-corrected chi connectivity index (χ0v) is 16.8. The lowest BCUT2D eigenvalue weighted by molar-refractivity contribution is -0.145. The van der Waals surface area contributed by atoms with Crippen LogP contribution in [-0.2, 0) is 9.53 Å². The number of nitriles is 1. The van der Waals surface area contributed by atoms with Crippen LogP contribution >= 0.6 is 23.4 Å². The number of rotatable bonds is 5. The minimum atomic E-state index is -0.766. The second kappa shape index (κ2) is 7.63. The molecule has 0 unspecified atom stereocenters. The molecule has 0 saturated heterocycles. The predicted octanol–water partition coefficient (Wildman–Crippen LogP) is 4.96. The SMILES string of the molecule is CCOC(=O)C(C)(C)Sc1ccncc1-c1ccc(C#N)c2ccc(Cl)n12. The fourth-order valence-corrected chi connectivity index (χ4v) is 4.11. The Labute approximate surface area is 166 Å². The first-order chi connectivity index (χ1) is 12.9. The summed E-state index contributed by atoms with van der Waals surface area (Å²) < 4.78 is 6.25. The average Bonchev–Trinajstić information content (AvgIpc) is 3.04. The monoisotopic (exact) mass is 399 g/mol. The molecule has 0 atom stereocenters. The first-order valence-electron chi connectivity index (χ1n) is 8.39. The minimum absolute atomic E-state index is 0.276. The van der Waals surface area contributed by atoms with Gasteiger partial charge in [-0.15, -0.1) is 11.8 Å². The Bertz CT molecular complexity index is 1050. The van der Waals surface area contributed by atoms with Crippen LogP contribution in [0.1, 0.15) is 26.3 Å². The van der Waals surface area contributed by atoms with Crippen LogP contribution in [0.5, 0.6) is 0 Å². The lowest BCUT2D eigenvalue weighted by Gasteiger charge is -2.23. The lowest BCUT2D eigenvalue weighted by Crippen LogP contribution is -2.30. The van der Waals surface area contributed by atoms with Crippen LogP contribution in [0, 0.1) is 11.3 Å². The van der Waals surface area contributed by atoms with Gasteiger partial charge >= 0.3 is 5.97 Å². The Balaban J connectivity index is 2.13. The van der Waals surface area contributed by atoms with E-state index in [0.29, 0.717) is 17.3 Å². The zero-order valence-electron chi connectivity index (χ0n) is 15.2. The third-order valence-corrected chi connectivity index (χ3v) is 5.62. The molecule has 0 N–H and O–H groups in total. The fourth-order valence-electron chi connectivity index (χ4n) is 2.78. The van der Waals surface area contributed by atoms with E-state index in [4.69, 9.17) is 16.3 Å². The Morgan fingerprint density at radius 2 is 2.11 bits per heavy atom. The van der Waals surface area contributed by atoms with Crippen molar-refractivity contribution in [1.82, 2.24) is 9.38 Å². The molecule has 0 radical (unpaired) electrons. The van der Waals surface area contributed by atoms with Crippen LogP contribution in [0.15, 0.2) is 47.6 Å². The van der Waals surface area contributed by atoms with Gasteiger partial charge in [0.25, 0.3) is 0 Å². The highest BCUT2D eigenvalue weighted by atomic mass is 35.5. The molecule has 0 fully saturated rings. The number of fused-ring (bicyclic) bond motifs is 1. The van der Waals surface area contributed by atoms with Crippen LogP contribution < -0.4 is 0 Å². The number of carbonyl (C=O) groups is 1. The molecule has 0 aliphatic rings. The molecule has 0 saturated carbocycles. The average molecular weight is 400 g/mol. The number of nitrogens with zero attached hydrogens (tertiary/aromatic N) is 3. The molecule has 27 heavy (non-hydrogen) atoms.